The maximum Gasteiger partial charge on any atom is 0.306 e. The monoisotopic (exact) mass is 955 g/mol. The van der Waals surface area contributed by atoms with Crippen molar-refractivity contribution in [3.05, 3.63) is 207 Å². The lowest BCUT2D eigenvalue weighted by Gasteiger charge is -2.15. The number of unbranched alkanes of at least 4 members (excludes halogenated alkanes) is 3. The summed E-state index contributed by atoms with van der Waals surface area (Å²) in [5, 5.41) is 9.62. The molecule has 0 bridgehead atoms. The molecule has 0 aromatic heterocycles. The standard InChI is InChI=1S/C65H94O5/c1-3-5-7-9-11-13-15-17-19-21-23-25-27-28-29-30-31-32-33-34-35-36-38-40-42-44-46-48-50-52-54-56-58-60-65(68)70-63(61-66)62-69-64(67)59-57-55-53-51-49-47-45-43-41-39-37-26-24-22-20-18-16-14-12-10-8-6-4-2/h5-8,11-14,17-20,23-26,28-29,31-32,34-35,38-41,44-47,50-53,63,66H,3-4,9-10,15-16,21-22,27,30,33,36-37,42-43,48-49,54-62H2,1-2H3/b7-5-,8-6-,13-11-,14-12-,19-17-,20-18-,25-23-,26-24-,29-28-,32-31-,35-34-,40-38-,41-39-,46-44-,47-45-,52-50-,53-51-. The summed E-state index contributed by atoms with van der Waals surface area (Å²) in [5.74, 6) is -0.734. The fraction of sp³-hybridized carbons (Fsp3) is 0.446. The Morgan fingerprint density at radius 1 is 0.329 bits per heavy atom. The summed E-state index contributed by atoms with van der Waals surface area (Å²) in [6.07, 6.45) is 94.9. The number of carbonyl (C=O) groups excluding carboxylic acids is 2. The van der Waals surface area contributed by atoms with E-state index in [-0.39, 0.29) is 38.0 Å². The maximum atomic E-state index is 12.3. The lowest BCUT2D eigenvalue weighted by molar-refractivity contribution is -0.161. The first kappa shape index (κ1) is 64.5. The number of allylic oxidation sites excluding steroid dienone is 34. The molecule has 0 spiro atoms. The van der Waals surface area contributed by atoms with Gasteiger partial charge in [0.25, 0.3) is 0 Å². The van der Waals surface area contributed by atoms with E-state index < -0.39 is 6.10 Å². The van der Waals surface area contributed by atoms with Crippen molar-refractivity contribution >= 4 is 11.9 Å². The van der Waals surface area contributed by atoms with Gasteiger partial charge in [0.2, 0.25) is 0 Å². The summed E-state index contributed by atoms with van der Waals surface area (Å²) in [6, 6.07) is 0. The molecule has 0 aromatic rings. The van der Waals surface area contributed by atoms with E-state index in [1.165, 1.54) is 0 Å². The van der Waals surface area contributed by atoms with Crippen molar-refractivity contribution in [2.24, 2.45) is 0 Å². The Hall–Kier alpha value is -5.52. The highest BCUT2D eigenvalue weighted by Crippen LogP contribution is 2.07. The van der Waals surface area contributed by atoms with Gasteiger partial charge in [-0.2, -0.15) is 0 Å². The molecule has 0 amide bonds. The minimum Gasteiger partial charge on any atom is -0.462 e. The van der Waals surface area contributed by atoms with E-state index >= 15 is 0 Å². The van der Waals surface area contributed by atoms with Gasteiger partial charge in [0.15, 0.2) is 6.10 Å². The van der Waals surface area contributed by atoms with Gasteiger partial charge in [-0.15, -0.1) is 0 Å². The van der Waals surface area contributed by atoms with E-state index in [2.05, 4.69) is 220 Å². The molecule has 0 aliphatic heterocycles. The van der Waals surface area contributed by atoms with Crippen molar-refractivity contribution in [3.63, 3.8) is 0 Å². The van der Waals surface area contributed by atoms with Crippen LogP contribution in [0.25, 0.3) is 0 Å². The number of esters is 2. The minimum absolute atomic E-state index is 0.131. The predicted octanol–water partition coefficient (Wildman–Crippen LogP) is 18.3. The second kappa shape index (κ2) is 57.8. The second-order valence-electron chi connectivity index (χ2n) is 16.5. The van der Waals surface area contributed by atoms with Crippen LogP contribution in [0.2, 0.25) is 0 Å². The third-order valence-electron chi connectivity index (χ3n) is 10.1. The maximum absolute atomic E-state index is 12.3. The molecule has 0 aromatic carbocycles. The summed E-state index contributed by atoms with van der Waals surface area (Å²) in [5.41, 5.74) is 0. The van der Waals surface area contributed by atoms with Crippen LogP contribution in [0.1, 0.15) is 168 Å². The summed E-state index contributed by atoms with van der Waals surface area (Å²) in [6.45, 7) is 3.80. The van der Waals surface area contributed by atoms with Crippen LogP contribution in [0.5, 0.6) is 0 Å². The first-order valence-electron chi connectivity index (χ1n) is 26.6. The molecule has 0 aliphatic rings. The van der Waals surface area contributed by atoms with E-state index in [4.69, 9.17) is 9.47 Å². The zero-order chi connectivity index (χ0) is 50.6. The molecule has 0 saturated carbocycles. The van der Waals surface area contributed by atoms with Gasteiger partial charge < -0.3 is 14.6 Å². The SMILES string of the molecule is CC/C=C\C/C=C\C/C=C\C/C=C\C/C=C\C/C=C\C/C=C\C/C=C\C/C=C\C/C=C\CCCCC(=O)OC(CO)COC(=O)CCC/C=C\C/C=C\C/C=C\C/C=C\C/C=C\C/C=C\C/C=C\CC. The van der Waals surface area contributed by atoms with E-state index in [1.807, 2.05) is 0 Å². The van der Waals surface area contributed by atoms with Crippen molar-refractivity contribution in [1.82, 2.24) is 0 Å². The van der Waals surface area contributed by atoms with Crippen LogP contribution in [0.4, 0.5) is 0 Å². The molecule has 0 saturated heterocycles. The molecule has 0 aliphatic carbocycles. The van der Waals surface area contributed by atoms with Crippen molar-refractivity contribution in [3.8, 4) is 0 Å². The third kappa shape index (κ3) is 55.1. The van der Waals surface area contributed by atoms with E-state index in [9.17, 15) is 14.7 Å². The molecule has 5 nitrogen and oxygen atoms in total. The number of aliphatic hydroxyl groups is 1. The predicted molar refractivity (Wildman–Crippen MR) is 305 cm³/mol. The number of rotatable bonds is 45. The number of carbonyl (C=O) groups is 2. The van der Waals surface area contributed by atoms with Gasteiger partial charge in [-0.1, -0.05) is 220 Å². The Morgan fingerprint density at radius 3 is 0.843 bits per heavy atom. The molecule has 1 unspecified atom stereocenters. The zero-order valence-corrected chi connectivity index (χ0v) is 43.7. The molecule has 1 N–H and O–H groups in total. The van der Waals surface area contributed by atoms with Gasteiger partial charge in [-0.05, 0) is 141 Å². The van der Waals surface area contributed by atoms with Crippen LogP contribution in [-0.2, 0) is 19.1 Å². The van der Waals surface area contributed by atoms with Crippen LogP contribution in [0.3, 0.4) is 0 Å². The summed E-state index contributed by atoms with van der Waals surface area (Å²) < 4.78 is 10.6. The Bertz CT molecular complexity index is 1740. The Morgan fingerprint density at radius 2 is 0.571 bits per heavy atom. The Kier molecular flexibility index (Phi) is 53.2. The minimum atomic E-state index is -0.838. The molecule has 70 heavy (non-hydrogen) atoms. The third-order valence-corrected chi connectivity index (χ3v) is 10.1. The second-order valence-corrected chi connectivity index (χ2v) is 16.5. The number of aliphatic hydroxyl groups excluding tert-OH is 1. The Balaban J connectivity index is 3.80. The average molecular weight is 955 g/mol. The van der Waals surface area contributed by atoms with Crippen molar-refractivity contribution in [2.45, 2.75) is 174 Å². The average Bonchev–Trinajstić information content (AvgIpc) is 3.36. The highest BCUT2D eigenvalue weighted by atomic mass is 16.6. The van der Waals surface area contributed by atoms with Crippen LogP contribution in [-0.4, -0.2) is 36.4 Å². The van der Waals surface area contributed by atoms with Crippen LogP contribution >= 0.6 is 0 Å². The molecule has 0 heterocycles. The number of ether oxygens (including phenoxy) is 2. The highest BCUT2D eigenvalue weighted by Gasteiger charge is 2.16. The van der Waals surface area contributed by atoms with Crippen LogP contribution < -0.4 is 0 Å². The van der Waals surface area contributed by atoms with Gasteiger partial charge in [0, 0.05) is 12.8 Å². The fourth-order valence-corrected chi connectivity index (χ4v) is 6.16. The van der Waals surface area contributed by atoms with Gasteiger partial charge in [-0.3, -0.25) is 9.59 Å². The summed E-state index contributed by atoms with van der Waals surface area (Å²) in [7, 11) is 0. The van der Waals surface area contributed by atoms with Crippen LogP contribution in [0, 0.1) is 0 Å². The fourth-order valence-electron chi connectivity index (χ4n) is 6.16. The van der Waals surface area contributed by atoms with Gasteiger partial charge >= 0.3 is 11.9 Å². The van der Waals surface area contributed by atoms with Gasteiger partial charge in [0.05, 0.1) is 6.61 Å². The largest absolute Gasteiger partial charge is 0.462 e. The van der Waals surface area contributed by atoms with Crippen LogP contribution in [0.15, 0.2) is 207 Å². The van der Waals surface area contributed by atoms with Gasteiger partial charge in [-0.25, -0.2) is 0 Å². The van der Waals surface area contributed by atoms with Gasteiger partial charge in [0.1, 0.15) is 6.61 Å². The quantitative estimate of drug-likeness (QED) is 0.0374. The number of hydrogen-bond acceptors (Lipinski definition) is 5. The van der Waals surface area contributed by atoms with Crippen molar-refractivity contribution in [2.75, 3.05) is 13.2 Å². The van der Waals surface area contributed by atoms with E-state index in [0.717, 1.165) is 128 Å². The number of hydrogen-bond donors (Lipinski definition) is 1. The summed E-state index contributed by atoms with van der Waals surface area (Å²) >= 11 is 0. The Labute approximate surface area is 428 Å². The summed E-state index contributed by atoms with van der Waals surface area (Å²) in [4.78, 5) is 24.4. The van der Waals surface area contributed by atoms with E-state index in [1.54, 1.807) is 0 Å². The first-order valence-corrected chi connectivity index (χ1v) is 26.6. The normalized spacial score (nSPS) is 13.9. The molecular weight excluding hydrogens is 861 g/mol. The zero-order valence-electron chi connectivity index (χ0n) is 43.7. The van der Waals surface area contributed by atoms with Crippen molar-refractivity contribution < 1.29 is 24.2 Å². The topological polar surface area (TPSA) is 72.8 Å². The molecule has 0 fully saturated rings. The van der Waals surface area contributed by atoms with Crippen molar-refractivity contribution in [1.29, 1.82) is 0 Å². The first-order chi connectivity index (χ1) is 34.6. The molecular formula is C65H94O5. The van der Waals surface area contributed by atoms with E-state index in [0.29, 0.717) is 12.8 Å². The smallest absolute Gasteiger partial charge is 0.306 e. The molecule has 0 radical (unpaired) electrons. The molecule has 0 rings (SSSR count). The lowest BCUT2D eigenvalue weighted by atomic mass is 10.2. The molecule has 1 atom stereocenters. The molecule has 384 valence electrons. The highest BCUT2D eigenvalue weighted by molar-refractivity contribution is 5.70. The molecule has 5 heteroatoms. The lowest BCUT2D eigenvalue weighted by Crippen LogP contribution is -2.28.